The van der Waals surface area contributed by atoms with E-state index in [2.05, 4.69) is 16.5 Å². The predicted octanol–water partition coefficient (Wildman–Crippen LogP) is 3.67. The Morgan fingerprint density at radius 2 is 2.05 bits per heavy atom. The first-order valence-electron chi connectivity index (χ1n) is 6.62. The molecule has 0 amide bonds. The van der Waals surface area contributed by atoms with Crippen molar-refractivity contribution in [1.29, 1.82) is 0 Å². The zero-order valence-electron chi connectivity index (χ0n) is 11.3. The third-order valence-electron chi connectivity index (χ3n) is 3.09. The standard InChI is InChI=1S/C15H16N4S/c1-2-8-19-10-17-9-12(19)13-14(16)20-15(18-13)11-6-4-3-5-7-11/h3-7,9-10H,2,8,16H2,1H3. The summed E-state index contributed by atoms with van der Waals surface area (Å²) in [6, 6.07) is 10.1. The number of benzene rings is 1. The smallest absolute Gasteiger partial charge is 0.126 e. The van der Waals surface area contributed by atoms with Crippen molar-refractivity contribution in [2.75, 3.05) is 5.73 Å². The Morgan fingerprint density at radius 3 is 2.80 bits per heavy atom. The molecule has 0 saturated heterocycles. The average molecular weight is 284 g/mol. The van der Waals surface area contributed by atoms with Crippen molar-refractivity contribution in [2.45, 2.75) is 19.9 Å². The highest BCUT2D eigenvalue weighted by molar-refractivity contribution is 7.19. The zero-order valence-corrected chi connectivity index (χ0v) is 12.1. The summed E-state index contributed by atoms with van der Waals surface area (Å²) >= 11 is 1.52. The molecule has 0 fully saturated rings. The average Bonchev–Trinajstić information content (AvgIpc) is 3.07. The van der Waals surface area contributed by atoms with Crippen LogP contribution in [0.5, 0.6) is 0 Å². The van der Waals surface area contributed by atoms with E-state index in [4.69, 9.17) is 10.7 Å². The van der Waals surface area contributed by atoms with Gasteiger partial charge in [-0.3, -0.25) is 0 Å². The molecule has 1 aromatic carbocycles. The molecule has 0 radical (unpaired) electrons. The fraction of sp³-hybridized carbons (Fsp3) is 0.200. The number of imidazole rings is 1. The van der Waals surface area contributed by atoms with Gasteiger partial charge in [0.15, 0.2) is 0 Å². The number of anilines is 1. The summed E-state index contributed by atoms with van der Waals surface area (Å²) < 4.78 is 2.10. The highest BCUT2D eigenvalue weighted by Crippen LogP contribution is 2.35. The lowest BCUT2D eigenvalue weighted by atomic mass is 10.2. The molecule has 0 spiro atoms. The van der Waals surface area contributed by atoms with E-state index >= 15 is 0 Å². The normalized spacial score (nSPS) is 10.8. The van der Waals surface area contributed by atoms with Gasteiger partial charge >= 0.3 is 0 Å². The molecule has 0 aliphatic heterocycles. The van der Waals surface area contributed by atoms with Gasteiger partial charge in [-0.15, -0.1) is 0 Å². The van der Waals surface area contributed by atoms with Crippen LogP contribution in [-0.4, -0.2) is 14.5 Å². The lowest BCUT2D eigenvalue weighted by molar-refractivity contribution is 0.683. The molecule has 0 aliphatic rings. The molecule has 3 rings (SSSR count). The number of hydrogen-bond acceptors (Lipinski definition) is 4. The van der Waals surface area contributed by atoms with Crippen molar-refractivity contribution in [2.24, 2.45) is 0 Å². The zero-order chi connectivity index (χ0) is 13.9. The molecule has 20 heavy (non-hydrogen) atoms. The van der Waals surface area contributed by atoms with Gasteiger partial charge in [0.2, 0.25) is 0 Å². The monoisotopic (exact) mass is 284 g/mol. The number of nitrogens with zero attached hydrogens (tertiary/aromatic N) is 3. The highest BCUT2D eigenvalue weighted by atomic mass is 32.1. The topological polar surface area (TPSA) is 56.7 Å². The third kappa shape index (κ3) is 2.32. The van der Waals surface area contributed by atoms with E-state index in [1.807, 2.05) is 42.9 Å². The fourth-order valence-corrected chi connectivity index (χ4v) is 3.00. The maximum Gasteiger partial charge on any atom is 0.126 e. The number of thiazole rings is 1. The van der Waals surface area contributed by atoms with Gasteiger partial charge in [0.25, 0.3) is 0 Å². The van der Waals surface area contributed by atoms with E-state index < -0.39 is 0 Å². The summed E-state index contributed by atoms with van der Waals surface area (Å²) in [5.74, 6) is 0. The third-order valence-corrected chi connectivity index (χ3v) is 4.03. The number of nitrogens with two attached hydrogens (primary N) is 1. The van der Waals surface area contributed by atoms with Gasteiger partial charge in [0.1, 0.15) is 15.7 Å². The molecule has 0 atom stereocenters. The molecule has 2 heterocycles. The Morgan fingerprint density at radius 1 is 1.25 bits per heavy atom. The van der Waals surface area contributed by atoms with Gasteiger partial charge < -0.3 is 10.3 Å². The molecule has 2 N–H and O–H groups in total. The summed E-state index contributed by atoms with van der Waals surface area (Å²) in [6.07, 6.45) is 4.72. The molecule has 0 unspecified atom stereocenters. The maximum absolute atomic E-state index is 6.15. The molecule has 102 valence electrons. The van der Waals surface area contributed by atoms with Crippen LogP contribution < -0.4 is 5.73 Å². The van der Waals surface area contributed by atoms with Crippen LogP contribution in [0.1, 0.15) is 13.3 Å². The van der Waals surface area contributed by atoms with E-state index in [1.165, 1.54) is 11.3 Å². The summed E-state index contributed by atoms with van der Waals surface area (Å²) in [4.78, 5) is 8.91. The van der Waals surface area contributed by atoms with Crippen molar-refractivity contribution >= 4 is 16.3 Å². The highest BCUT2D eigenvalue weighted by Gasteiger charge is 2.15. The molecule has 5 heteroatoms. The van der Waals surface area contributed by atoms with Crippen LogP contribution in [0.2, 0.25) is 0 Å². The second kappa shape index (κ2) is 5.46. The van der Waals surface area contributed by atoms with Gasteiger partial charge in [0, 0.05) is 12.1 Å². The van der Waals surface area contributed by atoms with Crippen molar-refractivity contribution < 1.29 is 0 Å². The lowest BCUT2D eigenvalue weighted by Gasteiger charge is -2.04. The molecule has 0 bridgehead atoms. The van der Waals surface area contributed by atoms with Gasteiger partial charge in [-0.05, 0) is 6.42 Å². The first kappa shape index (κ1) is 12.9. The van der Waals surface area contributed by atoms with Crippen molar-refractivity contribution in [3.63, 3.8) is 0 Å². The van der Waals surface area contributed by atoms with E-state index in [-0.39, 0.29) is 0 Å². The second-order valence-corrected chi connectivity index (χ2v) is 5.60. The molecule has 3 aromatic rings. The molecule has 4 nitrogen and oxygen atoms in total. The first-order chi connectivity index (χ1) is 9.79. The van der Waals surface area contributed by atoms with Gasteiger partial charge in [-0.25, -0.2) is 9.97 Å². The maximum atomic E-state index is 6.15. The molecule has 0 saturated carbocycles. The summed E-state index contributed by atoms with van der Waals surface area (Å²) in [5.41, 5.74) is 9.07. The van der Waals surface area contributed by atoms with Crippen molar-refractivity contribution in [3.8, 4) is 22.0 Å². The number of hydrogen-bond donors (Lipinski definition) is 1. The number of aromatic nitrogens is 3. The molecular weight excluding hydrogens is 268 g/mol. The molecular formula is C15H16N4S. The van der Waals surface area contributed by atoms with E-state index in [1.54, 1.807) is 0 Å². The van der Waals surface area contributed by atoms with Crippen LogP contribution in [0, 0.1) is 0 Å². The Balaban J connectivity index is 2.03. The molecule has 0 aliphatic carbocycles. The first-order valence-corrected chi connectivity index (χ1v) is 7.43. The van der Waals surface area contributed by atoms with Gasteiger partial charge in [-0.1, -0.05) is 48.6 Å². The van der Waals surface area contributed by atoms with Crippen molar-refractivity contribution in [1.82, 2.24) is 14.5 Å². The summed E-state index contributed by atoms with van der Waals surface area (Å²) in [5, 5.41) is 1.68. The predicted molar refractivity (Wildman–Crippen MR) is 83.5 cm³/mol. The van der Waals surface area contributed by atoms with Crippen LogP contribution in [0.25, 0.3) is 22.0 Å². The largest absolute Gasteiger partial charge is 0.389 e. The van der Waals surface area contributed by atoms with Crippen molar-refractivity contribution in [3.05, 3.63) is 42.9 Å². The van der Waals surface area contributed by atoms with E-state index in [0.717, 1.165) is 39.9 Å². The van der Waals surface area contributed by atoms with Crippen LogP contribution in [0.3, 0.4) is 0 Å². The van der Waals surface area contributed by atoms with Crippen LogP contribution in [0.15, 0.2) is 42.9 Å². The van der Waals surface area contributed by atoms with E-state index in [9.17, 15) is 0 Å². The Bertz CT molecular complexity index is 700. The lowest BCUT2D eigenvalue weighted by Crippen LogP contribution is -1.98. The Kier molecular flexibility index (Phi) is 3.52. The summed E-state index contributed by atoms with van der Waals surface area (Å²) in [7, 11) is 0. The SMILES string of the molecule is CCCn1cncc1-c1nc(-c2ccccc2)sc1N. The quantitative estimate of drug-likeness (QED) is 0.795. The van der Waals surface area contributed by atoms with Gasteiger partial charge in [0.05, 0.1) is 18.2 Å². The van der Waals surface area contributed by atoms with Crippen LogP contribution >= 0.6 is 11.3 Å². The minimum atomic E-state index is 0.738. The minimum absolute atomic E-state index is 0.738. The fourth-order valence-electron chi connectivity index (χ4n) is 2.16. The minimum Gasteiger partial charge on any atom is -0.389 e. The Hall–Kier alpha value is -2.14. The Labute approximate surface area is 121 Å². The number of rotatable bonds is 4. The van der Waals surface area contributed by atoms with Gasteiger partial charge in [-0.2, -0.15) is 0 Å². The van der Waals surface area contributed by atoms with Crippen LogP contribution in [0.4, 0.5) is 5.00 Å². The number of nitrogen functional groups attached to an aromatic ring is 1. The molecule has 2 aromatic heterocycles. The summed E-state index contributed by atoms with van der Waals surface area (Å²) in [6.45, 7) is 3.07. The number of aryl methyl sites for hydroxylation is 1. The van der Waals surface area contributed by atoms with E-state index in [0.29, 0.717) is 0 Å². The second-order valence-electron chi connectivity index (χ2n) is 4.57. The van der Waals surface area contributed by atoms with Crippen LogP contribution in [-0.2, 0) is 6.54 Å².